The van der Waals surface area contributed by atoms with Crippen LogP contribution in [0, 0.1) is 0 Å². The zero-order valence-corrected chi connectivity index (χ0v) is 12.0. The zero-order chi connectivity index (χ0) is 14.9. The van der Waals surface area contributed by atoms with Crippen molar-refractivity contribution in [2.75, 3.05) is 19.7 Å². The van der Waals surface area contributed by atoms with E-state index in [0.717, 1.165) is 0 Å². The van der Waals surface area contributed by atoms with Gasteiger partial charge < -0.3 is 14.9 Å². The Kier molecular flexibility index (Phi) is 4.12. The van der Waals surface area contributed by atoms with Crippen molar-refractivity contribution < 1.29 is 19.7 Å². The van der Waals surface area contributed by atoms with E-state index in [-0.39, 0.29) is 23.9 Å². The number of aromatic carboxylic acids is 1. The lowest BCUT2D eigenvalue weighted by atomic mass is 10.0. The zero-order valence-electron chi connectivity index (χ0n) is 12.0. The van der Waals surface area contributed by atoms with Crippen LogP contribution in [-0.2, 0) is 18.3 Å². The highest BCUT2D eigenvalue weighted by molar-refractivity contribution is 5.88. The Labute approximate surface area is 117 Å². The van der Waals surface area contributed by atoms with Gasteiger partial charge >= 0.3 is 5.97 Å². The maximum Gasteiger partial charge on any atom is 0.339 e. The van der Waals surface area contributed by atoms with E-state index in [1.165, 1.54) is 6.20 Å². The molecule has 7 heteroatoms. The van der Waals surface area contributed by atoms with E-state index in [1.54, 1.807) is 11.7 Å². The first kappa shape index (κ1) is 15.0. The van der Waals surface area contributed by atoms with Gasteiger partial charge in [0.05, 0.1) is 30.2 Å². The van der Waals surface area contributed by atoms with Gasteiger partial charge in [0.25, 0.3) is 0 Å². The SMILES string of the molecule is Cn1ncc(C(=O)O)c1CN1CC(CO)OC(C)(C)C1. The van der Waals surface area contributed by atoms with E-state index in [9.17, 15) is 15.0 Å². The molecule has 1 aromatic rings. The third kappa shape index (κ3) is 3.17. The highest BCUT2D eigenvalue weighted by Gasteiger charge is 2.33. The standard InChI is InChI=1S/C13H21N3O4/c1-13(2)8-16(5-9(7-17)20-13)6-11-10(12(18)19)4-14-15(11)3/h4,9,17H,5-8H2,1-3H3,(H,18,19). The lowest BCUT2D eigenvalue weighted by molar-refractivity contribution is -0.151. The van der Waals surface area contributed by atoms with Crippen molar-refractivity contribution in [1.29, 1.82) is 0 Å². The number of hydrogen-bond donors (Lipinski definition) is 2. The average Bonchev–Trinajstić information content (AvgIpc) is 2.69. The van der Waals surface area contributed by atoms with E-state index in [4.69, 9.17) is 4.74 Å². The van der Waals surface area contributed by atoms with Gasteiger partial charge in [0.1, 0.15) is 5.56 Å². The number of aliphatic hydroxyl groups is 1. The van der Waals surface area contributed by atoms with E-state index < -0.39 is 5.97 Å². The molecule has 0 saturated carbocycles. The second-order valence-electron chi connectivity index (χ2n) is 5.79. The van der Waals surface area contributed by atoms with Gasteiger partial charge in [0.2, 0.25) is 0 Å². The first-order chi connectivity index (χ1) is 9.32. The maximum atomic E-state index is 11.2. The molecule has 0 radical (unpaired) electrons. The van der Waals surface area contributed by atoms with Gasteiger partial charge in [-0.1, -0.05) is 0 Å². The Morgan fingerprint density at radius 3 is 2.90 bits per heavy atom. The van der Waals surface area contributed by atoms with Gasteiger partial charge in [-0.3, -0.25) is 9.58 Å². The maximum absolute atomic E-state index is 11.2. The molecule has 2 heterocycles. The first-order valence-electron chi connectivity index (χ1n) is 6.57. The highest BCUT2D eigenvalue weighted by Crippen LogP contribution is 2.23. The molecule has 2 rings (SSSR count). The number of aliphatic hydroxyl groups excluding tert-OH is 1. The number of rotatable bonds is 4. The van der Waals surface area contributed by atoms with Crippen LogP contribution >= 0.6 is 0 Å². The summed E-state index contributed by atoms with van der Waals surface area (Å²) in [5.74, 6) is -0.973. The molecule has 1 saturated heterocycles. The predicted octanol–water partition coefficient (Wildman–Crippen LogP) is 0.0900. The molecule has 1 aliphatic heterocycles. The van der Waals surface area contributed by atoms with Gasteiger partial charge in [-0.25, -0.2) is 4.79 Å². The number of carboxylic acid groups (broad SMARTS) is 1. The molecule has 20 heavy (non-hydrogen) atoms. The molecule has 112 valence electrons. The molecule has 1 aromatic heterocycles. The molecule has 0 amide bonds. The van der Waals surface area contributed by atoms with Crippen molar-refractivity contribution >= 4 is 5.97 Å². The summed E-state index contributed by atoms with van der Waals surface area (Å²) < 4.78 is 7.33. The molecule has 1 fully saturated rings. The molecule has 1 atom stereocenters. The van der Waals surface area contributed by atoms with Crippen molar-refractivity contribution in [3.63, 3.8) is 0 Å². The minimum atomic E-state index is -0.973. The fourth-order valence-corrected chi connectivity index (χ4v) is 2.67. The number of ether oxygens (including phenoxy) is 1. The smallest absolute Gasteiger partial charge is 0.339 e. The summed E-state index contributed by atoms with van der Waals surface area (Å²) in [7, 11) is 1.73. The van der Waals surface area contributed by atoms with Crippen LogP contribution in [0.15, 0.2) is 6.20 Å². The summed E-state index contributed by atoms with van der Waals surface area (Å²) in [6.07, 6.45) is 1.12. The lowest BCUT2D eigenvalue weighted by Crippen LogP contribution is -2.53. The van der Waals surface area contributed by atoms with Crippen LogP contribution in [0.3, 0.4) is 0 Å². The second-order valence-corrected chi connectivity index (χ2v) is 5.79. The van der Waals surface area contributed by atoms with Gasteiger partial charge in [-0.2, -0.15) is 5.10 Å². The van der Waals surface area contributed by atoms with Crippen LogP contribution < -0.4 is 0 Å². The predicted molar refractivity (Wildman–Crippen MR) is 71.5 cm³/mol. The van der Waals surface area contributed by atoms with Crippen molar-refractivity contribution in [2.45, 2.75) is 32.1 Å². The van der Waals surface area contributed by atoms with Crippen LogP contribution in [-0.4, -0.2) is 62.3 Å². The largest absolute Gasteiger partial charge is 0.478 e. The molecule has 1 unspecified atom stereocenters. The van der Waals surface area contributed by atoms with Crippen LogP contribution in [0.25, 0.3) is 0 Å². The van der Waals surface area contributed by atoms with E-state index >= 15 is 0 Å². The third-order valence-electron chi connectivity index (χ3n) is 3.42. The normalized spacial score (nSPS) is 22.9. The van der Waals surface area contributed by atoms with Gasteiger partial charge in [0, 0.05) is 26.7 Å². The molecule has 7 nitrogen and oxygen atoms in total. The molecule has 0 aromatic carbocycles. The monoisotopic (exact) mass is 283 g/mol. The minimum Gasteiger partial charge on any atom is -0.478 e. The lowest BCUT2D eigenvalue weighted by Gasteiger charge is -2.42. The van der Waals surface area contributed by atoms with Crippen molar-refractivity contribution in [3.8, 4) is 0 Å². The van der Waals surface area contributed by atoms with Crippen LogP contribution in [0.5, 0.6) is 0 Å². The van der Waals surface area contributed by atoms with Crippen molar-refractivity contribution in [3.05, 3.63) is 17.5 Å². The van der Waals surface area contributed by atoms with Crippen molar-refractivity contribution in [2.24, 2.45) is 7.05 Å². The summed E-state index contributed by atoms with van der Waals surface area (Å²) in [4.78, 5) is 13.3. The summed E-state index contributed by atoms with van der Waals surface area (Å²) >= 11 is 0. The first-order valence-corrected chi connectivity index (χ1v) is 6.57. The Morgan fingerprint density at radius 1 is 1.60 bits per heavy atom. The summed E-state index contributed by atoms with van der Waals surface area (Å²) in [5.41, 5.74) is 0.511. The Hall–Kier alpha value is -1.44. The fraction of sp³-hybridized carbons (Fsp3) is 0.692. The van der Waals surface area contributed by atoms with Gasteiger partial charge in [0.15, 0.2) is 0 Å². The summed E-state index contributed by atoms with van der Waals surface area (Å²) in [5, 5.41) is 22.5. The average molecular weight is 283 g/mol. The van der Waals surface area contributed by atoms with Gasteiger partial charge in [-0.05, 0) is 13.8 Å². The topological polar surface area (TPSA) is 87.8 Å². The highest BCUT2D eigenvalue weighted by atomic mass is 16.5. The Bertz CT molecular complexity index is 498. The quantitative estimate of drug-likeness (QED) is 0.814. The van der Waals surface area contributed by atoms with Crippen LogP contribution in [0.2, 0.25) is 0 Å². The number of hydrogen-bond acceptors (Lipinski definition) is 5. The van der Waals surface area contributed by atoms with E-state index in [0.29, 0.717) is 25.3 Å². The molecule has 0 aliphatic carbocycles. The molecule has 2 N–H and O–H groups in total. The third-order valence-corrected chi connectivity index (χ3v) is 3.42. The molecule has 1 aliphatic rings. The molecular formula is C13H21N3O4. The minimum absolute atomic E-state index is 0.0445. The molecular weight excluding hydrogens is 262 g/mol. The number of nitrogens with zero attached hydrogens (tertiary/aromatic N) is 3. The number of aromatic nitrogens is 2. The van der Waals surface area contributed by atoms with E-state index in [1.807, 2.05) is 13.8 Å². The van der Waals surface area contributed by atoms with E-state index in [2.05, 4.69) is 10.00 Å². The fourth-order valence-electron chi connectivity index (χ4n) is 2.67. The summed E-state index contributed by atoms with van der Waals surface area (Å²) in [6, 6.07) is 0. The Morgan fingerprint density at radius 2 is 2.30 bits per heavy atom. The van der Waals surface area contributed by atoms with Crippen LogP contribution in [0.4, 0.5) is 0 Å². The Balaban J connectivity index is 2.17. The molecule has 0 bridgehead atoms. The van der Waals surface area contributed by atoms with Crippen molar-refractivity contribution in [1.82, 2.24) is 14.7 Å². The van der Waals surface area contributed by atoms with Crippen LogP contribution in [0.1, 0.15) is 29.9 Å². The van der Waals surface area contributed by atoms with Gasteiger partial charge in [-0.15, -0.1) is 0 Å². The summed E-state index contributed by atoms with van der Waals surface area (Å²) in [6.45, 7) is 5.60. The number of carboxylic acids is 1. The second kappa shape index (κ2) is 5.51. The molecule has 0 spiro atoms. The number of aryl methyl sites for hydroxylation is 1. The number of morpholine rings is 1. The number of carbonyl (C=O) groups is 1.